The lowest BCUT2D eigenvalue weighted by molar-refractivity contribution is -0.135. The molecule has 1 fully saturated rings. The van der Waals surface area contributed by atoms with E-state index in [2.05, 4.69) is 4.74 Å². The van der Waals surface area contributed by atoms with Crippen LogP contribution in [0.1, 0.15) is 5.56 Å². The van der Waals surface area contributed by atoms with Crippen LogP contribution in [0.3, 0.4) is 0 Å². The second-order valence-electron chi connectivity index (χ2n) is 4.21. The quantitative estimate of drug-likeness (QED) is 0.393. The molecule has 0 atom stereocenters. The minimum absolute atomic E-state index is 0.327. The smallest absolute Gasteiger partial charge is 0.346 e. The zero-order valence-corrected chi connectivity index (χ0v) is 11.6. The van der Waals surface area contributed by atoms with Gasteiger partial charge < -0.3 is 19.3 Å². The fourth-order valence-corrected chi connectivity index (χ4v) is 1.85. The minimum atomic E-state index is -0.811. The Morgan fingerprint density at radius 2 is 1.95 bits per heavy atom. The van der Waals surface area contributed by atoms with E-state index in [1.165, 1.54) is 20.3 Å². The number of hydrogen-bond donors (Lipinski definition) is 1. The Morgan fingerprint density at radius 1 is 1.24 bits per heavy atom. The van der Waals surface area contributed by atoms with Gasteiger partial charge in [0.15, 0.2) is 18.1 Å². The van der Waals surface area contributed by atoms with Crippen LogP contribution in [-0.4, -0.2) is 37.7 Å². The average molecular weight is 290 g/mol. The number of carbonyl (C=O) groups is 2. The van der Waals surface area contributed by atoms with Crippen molar-refractivity contribution in [1.29, 1.82) is 0 Å². The van der Waals surface area contributed by atoms with Crippen molar-refractivity contribution in [2.24, 2.45) is 0 Å². The highest BCUT2D eigenvalue weighted by Gasteiger charge is 2.31. The third-order valence-corrected chi connectivity index (χ3v) is 2.91. The van der Waals surface area contributed by atoms with Gasteiger partial charge in [0.2, 0.25) is 5.78 Å². The van der Waals surface area contributed by atoms with E-state index < -0.39 is 17.5 Å². The van der Waals surface area contributed by atoms with E-state index >= 15 is 0 Å². The lowest BCUT2D eigenvalue weighted by Gasteiger charge is -2.07. The Kier molecular flexibility index (Phi) is 4.27. The van der Waals surface area contributed by atoms with E-state index in [9.17, 15) is 14.7 Å². The number of allylic oxidation sites excluding steroid dienone is 1. The summed E-state index contributed by atoms with van der Waals surface area (Å²) in [7, 11) is 3.04. The van der Waals surface area contributed by atoms with Gasteiger partial charge in [-0.3, -0.25) is 4.79 Å². The van der Waals surface area contributed by atoms with Crippen LogP contribution < -0.4 is 9.47 Å². The highest BCUT2D eigenvalue weighted by molar-refractivity contribution is 6.22. The lowest BCUT2D eigenvalue weighted by atomic mass is 10.1. The van der Waals surface area contributed by atoms with Crippen molar-refractivity contribution in [2.45, 2.75) is 0 Å². The van der Waals surface area contributed by atoms with Gasteiger partial charge in [-0.25, -0.2) is 4.79 Å². The molecule has 1 aliphatic heterocycles. The molecule has 2 rings (SSSR count). The predicted octanol–water partition coefficient (Wildman–Crippen LogP) is 1.66. The largest absolute Gasteiger partial charge is 0.507 e. The predicted molar refractivity (Wildman–Crippen MR) is 74.2 cm³/mol. The normalized spacial score (nSPS) is 17.0. The Bertz CT molecular complexity index is 624. The van der Waals surface area contributed by atoms with Crippen molar-refractivity contribution < 1.29 is 28.9 Å². The van der Waals surface area contributed by atoms with Crippen molar-refractivity contribution in [3.05, 3.63) is 41.2 Å². The molecule has 6 heteroatoms. The van der Waals surface area contributed by atoms with Gasteiger partial charge in [-0.15, -0.1) is 0 Å². The molecule has 0 bridgehead atoms. The summed E-state index contributed by atoms with van der Waals surface area (Å²) in [5, 5.41) is 9.79. The number of esters is 1. The van der Waals surface area contributed by atoms with Crippen LogP contribution in [0.2, 0.25) is 0 Å². The van der Waals surface area contributed by atoms with Crippen LogP contribution in [-0.2, 0) is 14.3 Å². The third-order valence-electron chi connectivity index (χ3n) is 2.91. The van der Waals surface area contributed by atoms with E-state index in [-0.39, 0.29) is 12.2 Å². The number of ether oxygens (including phenoxy) is 3. The van der Waals surface area contributed by atoms with Gasteiger partial charge in [0.25, 0.3) is 0 Å². The minimum Gasteiger partial charge on any atom is -0.507 e. The summed E-state index contributed by atoms with van der Waals surface area (Å²) in [5.41, 5.74) is 0.380. The fraction of sp³-hybridized carbons (Fsp3) is 0.200. The van der Waals surface area contributed by atoms with Crippen LogP contribution in [0.25, 0.3) is 6.08 Å². The Hall–Kier alpha value is -2.76. The molecular weight excluding hydrogens is 276 g/mol. The summed E-state index contributed by atoms with van der Waals surface area (Å²) in [4.78, 5) is 22.7. The lowest BCUT2D eigenvalue weighted by Crippen LogP contribution is -2.04. The molecule has 110 valence electrons. The van der Waals surface area contributed by atoms with Gasteiger partial charge in [-0.05, 0) is 23.8 Å². The first-order valence-electron chi connectivity index (χ1n) is 6.10. The summed E-state index contributed by atoms with van der Waals surface area (Å²) in [6.45, 7) is -0.331. The Balaban J connectivity index is 2.27. The maximum atomic E-state index is 11.4. The van der Waals surface area contributed by atoms with Gasteiger partial charge in [-0.1, -0.05) is 12.1 Å². The molecule has 1 heterocycles. The number of cyclic esters (lactones) is 1. The number of aliphatic hydroxyl groups is 1. The highest BCUT2D eigenvalue weighted by Crippen LogP contribution is 2.28. The molecule has 0 radical (unpaired) electrons. The van der Waals surface area contributed by atoms with Crippen molar-refractivity contribution in [3.8, 4) is 11.5 Å². The number of benzene rings is 1. The Morgan fingerprint density at radius 3 is 2.52 bits per heavy atom. The molecule has 0 aliphatic carbocycles. The number of Topliss-reactive ketones (excluding diaryl/α,β-unsaturated/α-hetero) is 1. The van der Waals surface area contributed by atoms with Gasteiger partial charge >= 0.3 is 5.97 Å². The molecule has 0 aromatic heterocycles. The van der Waals surface area contributed by atoms with Crippen LogP contribution in [0.4, 0.5) is 0 Å². The molecule has 0 unspecified atom stereocenters. The van der Waals surface area contributed by atoms with Crippen molar-refractivity contribution in [2.75, 3.05) is 20.8 Å². The number of methoxy groups -OCH3 is 2. The Labute approximate surface area is 121 Å². The summed E-state index contributed by atoms with van der Waals surface area (Å²) in [6.07, 6.45) is 2.81. The molecule has 1 aromatic rings. The molecule has 0 amide bonds. The number of aliphatic hydroxyl groups excluding tert-OH is 1. The summed E-state index contributed by atoms with van der Waals surface area (Å²) in [6, 6.07) is 5.14. The van der Waals surface area contributed by atoms with Crippen LogP contribution in [0.5, 0.6) is 11.5 Å². The number of hydrogen-bond acceptors (Lipinski definition) is 6. The first-order chi connectivity index (χ1) is 10.1. The summed E-state index contributed by atoms with van der Waals surface area (Å²) < 4.78 is 14.8. The van der Waals surface area contributed by atoms with E-state index in [0.717, 1.165) is 0 Å². The van der Waals surface area contributed by atoms with Gasteiger partial charge in [0, 0.05) is 0 Å². The molecule has 21 heavy (non-hydrogen) atoms. The summed E-state index contributed by atoms with van der Waals surface area (Å²) >= 11 is 0. The molecule has 0 spiro atoms. The van der Waals surface area contributed by atoms with Crippen LogP contribution in [0, 0.1) is 0 Å². The maximum absolute atomic E-state index is 11.4. The molecule has 1 aromatic carbocycles. The number of rotatable bonds is 4. The van der Waals surface area contributed by atoms with E-state index in [1.807, 2.05) is 0 Å². The second-order valence-corrected chi connectivity index (χ2v) is 4.21. The van der Waals surface area contributed by atoms with E-state index in [0.29, 0.717) is 17.1 Å². The van der Waals surface area contributed by atoms with Gasteiger partial charge in [-0.2, -0.15) is 0 Å². The van der Waals surface area contributed by atoms with E-state index in [1.54, 1.807) is 24.3 Å². The molecular formula is C15H14O6. The van der Waals surface area contributed by atoms with Crippen LogP contribution >= 0.6 is 0 Å². The fourth-order valence-electron chi connectivity index (χ4n) is 1.85. The van der Waals surface area contributed by atoms with Crippen molar-refractivity contribution in [1.82, 2.24) is 0 Å². The van der Waals surface area contributed by atoms with Gasteiger partial charge in [0.05, 0.1) is 14.2 Å². The third kappa shape index (κ3) is 3.05. The van der Waals surface area contributed by atoms with Crippen molar-refractivity contribution in [3.63, 3.8) is 0 Å². The topological polar surface area (TPSA) is 82.1 Å². The molecule has 0 saturated carbocycles. The number of ketones is 1. The molecule has 1 aliphatic rings. The molecule has 1 N–H and O–H groups in total. The average Bonchev–Trinajstić information content (AvgIpc) is 2.83. The maximum Gasteiger partial charge on any atom is 0.346 e. The zero-order chi connectivity index (χ0) is 15.4. The zero-order valence-electron chi connectivity index (χ0n) is 11.6. The molecule has 1 saturated heterocycles. The second kappa shape index (κ2) is 6.13. The number of carbonyl (C=O) groups excluding carboxylic acids is 2. The van der Waals surface area contributed by atoms with Crippen molar-refractivity contribution >= 4 is 17.8 Å². The standard InChI is InChI=1S/C15H14O6/c1-19-12-6-4-9(7-13(12)20-2)3-5-10(16)14-11(17)8-21-15(14)18/h3-7,16H,8H2,1-2H3/b5-3+,14-10+. The van der Waals surface area contributed by atoms with Gasteiger partial charge in [0.1, 0.15) is 11.3 Å². The first-order valence-corrected chi connectivity index (χ1v) is 6.10. The summed E-state index contributed by atoms with van der Waals surface area (Å²) in [5.74, 6) is -0.656. The highest BCUT2D eigenvalue weighted by atomic mass is 16.5. The van der Waals surface area contributed by atoms with E-state index in [4.69, 9.17) is 9.47 Å². The SMILES string of the molecule is COc1ccc(/C=C/C(O)=C2/C(=O)COC2=O)cc1OC. The van der Waals surface area contributed by atoms with Crippen LogP contribution in [0.15, 0.2) is 35.6 Å². The molecule has 6 nitrogen and oxygen atoms in total. The monoisotopic (exact) mass is 290 g/mol. The first kappa shape index (κ1) is 14.6.